The molecule has 2 aliphatic heterocycles. The van der Waals surface area contributed by atoms with Crippen molar-refractivity contribution in [1.82, 2.24) is 9.80 Å². The summed E-state index contributed by atoms with van der Waals surface area (Å²) < 4.78 is 0. The molecule has 0 N–H and O–H groups in total. The van der Waals surface area contributed by atoms with E-state index in [4.69, 9.17) is 11.6 Å². The molecule has 2 heterocycles. The molecular formula is C32H35ClN2O4. The molecule has 2 aromatic rings. The van der Waals surface area contributed by atoms with E-state index in [2.05, 4.69) is 36.6 Å². The maximum absolute atomic E-state index is 12.4. The van der Waals surface area contributed by atoms with E-state index in [0.29, 0.717) is 17.0 Å². The molecule has 39 heavy (non-hydrogen) atoms. The van der Waals surface area contributed by atoms with Gasteiger partial charge >= 0.3 is 0 Å². The number of aryl methyl sites for hydroxylation is 1. The number of amides is 2. The second-order valence-electron chi connectivity index (χ2n) is 10.6. The third-order valence-electron chi connectivity index (χ3n) is 7.71. The molecule has 0 spiro atoms. The summed E-state index contributed by atoms with van der Waals surface area (Å²) in [6, 6.07) is 12.6. The summed E-state index contributed by atoms with van der Waals surface area (Å²) in [7, 11) is 0. The summed E-state index contributed by atoms with van der Waals surface area (Å²) in [5.74, 6) is -0.623. The lowest BCUT2D eigenvalue weighted by Gasteiger charge is -2.32. The molecule has 3 aliphatic rings. The number of rotatable bonds is 5. The maximum atomic E-state index is 12.4. The van der Waals surface area contributed by atoms with E-state index >= 15 is 0 Å². The van der Waals surface area contributed by atoms with Crippen molar-refractivity contribution in [2.24, 2.45) is 0 Å². The molecule has 2 aromatic carbocycles. The fourth-order valence-corrected chi connectivity index (χ4v) is 5.78. The zero-order valence-electron chi connectivity index (χ0n) is 22.6. The highest BCUT2D eigenvalue weighted by Crippen LogP contribution is 2.31. The quantitative estimate of drug-likeness (QED) is 0.264. The lowest BCUT2D eigenvalue weighted by Crippen LogP contribution is -2.47. The van der Waals surface area contributed by atoms with Crippen LogP contribution in [0.3, 0.4) is 0 Å². The second kappa shape index (κ2) is 12.7. The number of benzene rings is 2. The molecule has 0 radical (unpaired) electrons. The molecule has 2 fully saturated rings. The number of halogens is 1. The van der Waals surface area contributed by atoms with Crippen molar-refractivity contribution in [2.45, 2.75) is 57.9 Å². The van der Waals surface area contributed by atoms with Gasteiger partial charge in [0.1, 0.15) is 5.78 Å². The number of carbonyl (C=O) groups excluding carboxylic acids is 4. The van der Waals surface area contributed by atoms with Gasteiger partial charge in [-0.05, 0) is 81.4 Å². The van der Waals surface area contributed by atoms with Crippen LogP contribution < -0.4 is 0 Å². The van der Waals surface area contributed by atoms with Crippen molar-refractivity contribution < 1.29 is 19.2 Å². The predicted molar refractivity (Wildman–Crippen MR) is 153 cm³/mol. The standard InChI is InChI=1S/C17H22ClN.C15H13NO4/c1-3-4-14(2)13-19-11-9-16(10-12-19)15-5-7-17(18)8-6-15;1-8-3-2-4-10-13(8)15(20)16(14(10)19)11-6-5-9(17)7-12(11)18/h3-8,16H,1,9-13H2,2H3;2-4,11H,5-7H2,1H3/b14-4+;. The van der Waals surface area contributed by atoms with E-state index in [-0.39, 0.29) is 30.8 Å². The molecule has 204 valence electrons. The average Bonchev–Trinajstić information content (AvgIpc) is 3.16. The summed E-state index contributed by atoms with van der Waals surface area (Å²) in [5.41, 5.74) is 4.27. The van der Waals surface area contributed by atoms with Gasteiger partial charge in [0.25, 0.3) is 11.8 Å². The van der Waals surface area contributed by atoms with Crippen LogP contribution in [-0.2, 0) is 9.59 Å². The van der Waals surface area contributed by atoms with Gasteiger partial charge in [0.15, 0.2) is 5.78 Å². The largest absolute Gasteiger partial charge is 0.299 e. The smallest absolute Gasteiger partial charge is 0.262 e. The molecule has 0 aromatic heterocycles. The minimum Gasteiger partial charge on any atom is -0.299 e. The fraction of sp³-hybridized carbons (Fsp3) is 0.375. The third kappa shape index (κ3) is 6.63. The van der Waals surface area contributed by atoms with Crippen molar-refractivity contribution >= 4 is 35.0 Å². The SMILES string of the molecule is C=C/C=C(\C)CN1CCC(c2ccc(Cl)cc2)CC1.Cc1cccc2c1C(=O)N(C1CCC(=O)CC1=O)C2=O. The molecule has 1 aliphatic carbocycles. The number of fused-ring (bicyclic) bond motifs is 1. The van der Waals surface area contributed by atoms with Crippen LogP contribution in [-0.4, -0.2) is 58.9 Å². The predicted octanol–water partition coefficient (Wildman–Crippen LogP) is 5.93. The Balaban J connectivity index is 0.000000181. The normalized spacial score (nSPS) is 20.5. The maximum Gasteiger partial charge on any atom is 0.262 e. The number of Topliss-reactive ketones (excluding diaryl/α,β-unsaturated/α-hetero) is 2. The molecule has 2 amide bonds. The zero-order chi connectivity index (χ0) is 28.1. The van der Waals surface area contributed by atoms with Crippen molar-refractivity contribution in [3.05, 3.63) is 94.0 Å². The van der Waals surface area contributed by atoms with Crippen LogP contribution in [0.25, 0.3) is 0 Å². The number of carbonyl (C=O) groups is 4. The Morgan fingerprint density at radius 1 is 1.00 bits per heavy atom. The van der Waals surface area contributed by atoms with E-state index in [0.717, 1.165) is 22.0 Å². The van der Waals surface area contributed by atoms with Crippen molar-refractivity contribution in [3.8, 4) is 0 Å². The van der Waals surface area contributed by atoms with Crippen molar-refractivity contribution in [1.29, 1.82) is 0 Å². The molecular weight excluding hydrogens is 512 g/mol. The van der Waals surface area contributed by atoms with Gasteiger partial charge in [0, 0.05) is 18.0 Å². The molecule has 1 atom stereocenters. The van der Waals surface area contributed by atoms with Gasteiger partial charge in [-0.15, -0.1) is 0 Å². The summed E-state index contributed by atoms with van der Waals surface area (Å²) in [6.07, 6.45) is 6.75. The Kier molecular flexibility index (Phi) is 9.31. The van der Waals surface area contributed by atoms with Gasteiger partial charge in [0.2, 0.25) is 0 Å². The summed E-state index contributed by atoms with van der Waals surface area (Å²) in [4.78, 5) is 51.6. The van der Waals surface area contributed by atoms with Crippen LogP contribution in [0.4, 0.5) is 0 Å². The van der Waals surface area contributed by atoms with Crippen LogP contribution in [0.2, 0.25) is 5.02 Å². The van der Waals surface area contributed by atoms with E-state index in [1.807, 2.05) is 18.2 Å². The van der Waals surface area contributed by atoms with Crippen molar-refractivity contribution in [3.63, 3.8) is 0 Å². The number of piperidine rings is 1. The summed E-state index contributed by atoms with van der Waals surface area (Å²) in [6.45, 7) is 11.1. The van der Waals surface area contributed by atoms with Crippen molar-refractivity contribution in [2.75, 3.05) is 19.6 Å². The van der Waals surface area contributed by atoms with Gasteiger partial charge in [-0.3, -0.25) is 29.0 Å². The van der Waals surface area contributed by atoms with Crippen LogP contribution in [0, 0.1) is 6.92 Å². The molecule has 1 saturated carbocycles. The first-order valence-electron chi connectivity index (χ1n) is 13.5. The minimum absolute atomic E-state index is 0.126. The van der Waals surface area contributed by atoms with E-state index < -0.39 is 17.9 Å². The van der Waals surface area contributed by atoms with Crippen LogP contribution in [0.1, 0.15) is 76.8 Å². The summed E-state index contributed by atoms with van der Waals surface area (Å²) in [5, 5.41) is 0.825. The number of hydrogen-bond acceptors (Lipinski definition) is 5. The topological polar surface area (TPSA) is 74.8 Å². The lowest BCUT2D eigenvalue weighted by molar-refractivity contribution is -0.132. The number of nitrogens with zero attached hydrogens (tertiary/aromatic N) is 2. The highest BCUT2D eigenvalue weighted by atomic mass is 35.5. The van der Waals surface area contributed by atoms with Gasteiger partial charge in [0.05, 0.1) is 23.6 Å². The van der Waals surface area contributed by atoms with Crippen LogP contribution >= 0.6 is 11.6 Å². The van der Waals surface area contributed by atoms with Gasteiger partial charge in [-0.2, -0.15) is 0 Å². The zero-order valence-corrected chi connectivity index (χ0v) is 23.4. The first kappa shape index (κ1) is 28.7. The second-order valence-corrected chi connectivity index (χ2v) is 11.0. The highest BCUT2D eigenvalue weighted by Gasteiger charge is 2.44. The number of hydrogen-bond donors (Lipinski definition) is 0. The Hall–Kier alpha value is -3.35. The Morgan fingerprint density at radius 3 is 2.31 bits per heavy atom. The molecule has 1 saturated heterocycles. The number of ketones is 2. The Bertz CT molecular complexity index is 1310. The highest BCUT2D eigenvalue weighted by molar-refractivity contribution is 6.30. The fourth-order valence-electron chi connectivity index (χ4n) is 5.65. The molecule has 7 heteroatoms. The van der Waals surface area contributed by atoms with E-state index in [1.54, 1.807) is 25.1 Å². The van der Waals surface area contributed by atoms with Gasteiger partial charge < -0.3 is 0 Å². The van der Waals surface area contributed by atoms with Gasteiger partial charge in [-0.1, -0.05) is 60.2 Å². The van der Waals surface area contributed by atoms with E-state index in [9.17, 15) is 19.2 Å². The Labute approximate surface area is 235 Å². The Morgan fingerprint density at radius 2 is 1.69 bits per heavy atom. The molecule has 6 nitrogen and oxygen atoms in total. The van der Waals surface area contributed by atoms with Crippen LogP contribution in [0.15, 0.2) is 66.8 Å². The average molecular weight is 547 g/mol. The monoisotopic (exact) mass is 546 g/mol. The summed E-state index contributed by atoms with van der Waals surface area (Å²) >= 11 is 5.94. The first-order chi connectivity index (χ1) is 18.7. The third-order valence-corrected chi connectivity index (χ3v) is 7.96. The molecule has 0 bridgehead atoms. The number of allylic oxidation sites excluding steroid dienone is 2. The van der Waals surface area contributed by atoms with Crippen LogP contribution in [0.5, 0.6) is 0 Å². The molecule has 5 rings (SSSR count). The number of likely N-dealkylation sites (tertiary alicyclic amines) is 1. The lowest BCUT2D eigenvalue weighted by atomic mass is 9.89. The first-order valence-corrected chi connectivity index (χ1v) is 13.8. The van der Waals surface area contributed by atoms with Gasteiger partial charge in [-0.25, -0.2) is 0 Å². The molecule has 1 unspecified atom stereocenters. The van der Waals surface area contributed by atoms with E-state index in [1.165, 1.54) is 37.1 Å². The number of imide groups is 1. The minimum atomic E-state index is -0.792.